The van der Waals surface area contributed by atoms with Crippen LogP contribution in [0.4, 0.5) is 0 Å². The Kier molecular flexibility index (Phi) is 4.35. The molecule has 1 unspecified atom stereocenters. The second kappa shape index (κ2) is 5.83. The summed E-state index contributed by atoms with van der Waals surface area (Å²) in [6.45, 7) is 2.23. The topological polar surface area (TPSA) is 84.2 Å². The summed E-state index contributed by atoms with van der Waals surface area (Å²) >= 11 is 1.40. The zero-order chi connectivity index (χ0) is 13.9. The normalized spacial score (nSPS) is 13.6. The van der Waals surface area contributed by atoms with E-state index in [1.807, 2.05) is 0 Å². The molecule has 0 saturated carbocycles. The maximum atomic E-state index is 12.1. The van der Waals surface area contributed by atoms with E-state index in [1.54, 1.807) is 31.6 Å². The first-order valence-corrected chi connectivity index (χ1v) is 8.04. The third-order valence-corrected chi connectivity index (χ3v) is 4.78. The van der Waals surface area contributed by atoms with Gasteiger partial charge in [-0.25, -0.2) is 13.4 Å². The summed E-state index contributed by atoms with van der Waals surface area (Å²) in [6.07, 6.45) is 1.64. The zero-order valence-electron chi connectivity index (χ0n) is 10.6. The van der Waals surface area contributed by atoms with Gasteiger partial charge in [0.25, 0.3) is 10.0 Å². The summed E-state index contributed by atoms with van der Waals surface area (Å²) in [5, 5.41) is 5.33. The van der Waals surface area contributed by atoms with Gasteiger partial charge in [0.15, 0.2) is 0 Å². The van der Waals surface area contributed by atoms with Crippen LogP contribution in [-0.4, -0.2) is 20.4 Å². The molecule has 0 saturated heterocycles. The second-order valence-corrected chi connectivity index (χ2v) is 6.54. The van der Waals surface area contributed by atoms with Crippen molar-refractivity contribution in [3.63, 3.8) is 0 Å². The number of furan rings is 1. The van der Waals surface area contributed by atoms with Crippen LogP contribution in [0.25, 0.3) is 0 Å². The van der Waals surface area contributed by atoms with E-state index in [2.05, 4.69) is 15.0 Å². The quantitative estimate of drug-likeness (QED) is 0.844. The van der Waals surface area contributed by atoms with Crippen molar-refractivity contribution in [2.24, 2.45) is 0 Å². The summed E-state index contributed by atoms with van der Waals surface area (Å²) in [7, 11) is -1.90. The van der Waals surface area contributed by atoms with E-state index in [4.69, 9.17) is 4.42 Å². The molecule has 0 bridgehead atoms. The lowest BCUT2D eigenvalue weighted by molar-refractivity contribution is 0.403. The van der Waals surface area contributed by atoms with Crippen molar-refractivity contribution >= 4 is 21.4 Å². The molecular weight excluding hydrogens is 286 g/mol. The molecule has 2 rings (SSSR count). The molecule has 0 aliphatic carbocycles. The second-order valence-electron chi connectivity index (χ2n) is 3.96. The fourth-order valence-electron chi connectivity index (χ4n) is 1.56. The molecule has 8 heteroatoms. The van der Waals surface area contributed by atoms with Gasteiger partial charge < -0.3 is 9.73 Å². The Labute approximate surface area is 115 Å². The number of thiazole rings is 1. The fourth-order valence-corrected chi connectivity index (χ4v) is 3.44. The average Bonchev–Trinajstić information content (AvgIpc) is 2.99. The molecule has 1 atom stereocenters. The number of nitrogens with zero attached hydrogens (tertiary/aromatic N) is 1. The highest BCUT2D eigenvalue weighted by molar-refractivity contribution is 7.89. The van der Waals surface area contributed by atoms with Gasteiger partial charge in [-0.15, -0.1) is 11.3 Å². The summed E-state index contributed by atoms with van der Waals surface area (Å²) in [4.78, 5) is 4.08. The molecule has 104 valence electrons. The Morgan fingerprint density at radius 3 is 2.89 bits per heavy atom. The largest absolute Gasteiger partial charge is 0.447 e. The van der Waals surface area contributed by atoms with Crippen LogP contribution in [0.15, 0.2) is 33.2 Å². The molecule has 2 aromatic heterocycles. The monoisotopic (exact) mass is 301 g/mol. The van der Waals surface area contributed by atoms with Crippen molar-refractivity contribution in [3.05, 3.63) is 34.5 Å². The van der Waals surface area contributed by atoms with Crippen LogP contribution in [0.3, 0.4) is 0 Å². The van der Waals surface area contributed by atoms with Gasteiger partial charge in [0.05, 0.1) is 12.6 Å². The number of nitrogens with one attached hydrogen (secondary N) is 2. The first kappa shape index (κ1) is 14.2. The molecule has 0 amide bonds. The SMILES string of the molecule is CNCc1ccc(S(=O)(=O)NC(C)c2nccs2)o1. The molecule has 2 aromatic rings. The van der Waals surface area contributed by atoms with Crippen molar-refractivity contribution in [2.75, 3.05) is 7.05 Å². The van der Waals surface area contributed by atoms with Crippen LogP contribution in [0.1, 0.15) is 23.7 Å². The standard InChI is InChI=1S/C11H15N3O3S2/c1-8(11-13-5-6-18-11)14-19(15,16)10-4-3-9(17-10)7-12-2/h3-6,8,12,14H,7H2,1-2H3. The van der Waals surface area contributed by atoms with Gasteiger partial charge in [0.1, 0.15) is 10.8 Å². The van der Waals surface area contributed by atoms with Crippen molar-refractivity contribution in [1.29, 1.82) is 0 Å². The third-order valence-electron chi connectivity index (χ3n) is 2.41. The molecule has 0 aliphatic rings. The number of aromatic nitrogens is 1. The highest BCUT2D eigenvalue weighted by atomic mass is 32.2. The van der Waals surface area contributed by atoms with E-state index in [0.717, 1.165) is 0 Å². The average molecular weight is 301 g/mol. The maximum absolute atomic E-state index is 12.1. The third kappa shape index (κ3) is 3.41. The summed E-state index contributed by atoms with van der Waals surface area (Å²) in [5.41, 5.74) is 0. The lowest BCUT2D eigenvalue weighted by Crippen LogP contribution is -2.26. The lowest BCUT2D eigenvalue weighted by atomic mass is 10.4. The molecule has 0 fully saturated rings. The number of rotatable bonds is 6. The van der Waals surface area contributed by atoms with Crippen molar-refractivity contribution < 1.29 is 12.8 Å². The Morgan fingerprint density at radius 2 is 2.26 bits per heavy atom. The van der Waals surface area contributed by atoms with E-state index in [1.165, 1.54) is 17.4 Å². The summed E-state index contributed by atoms with van der Waals surface area (Å²) < 4.78 is 32.0. The molecule has 0 spiro atoms. The first-order chi connectivity index (χ1) is 9.03. The Balaban J connectivity index is 2.13. The van der Waals surface area contributed by atoms with Crippen LogP contribution in [0.5, 0.6) is 0 Å². The Bertz CT molecular complexity index is 619. The minimum atomic E-state index is -3.66. The van der Waals surface area contributed by atoms with Gasteiger partial charge in [-0.2, -0.15) is 4.72 Å². The van der Waals surface area contributed by atoms with Crippen LogP contribution in [0.2, 0.25) is 0 Å². The molecular formula is C11H15N3O3S2. The predicted molar refractivity (Wildman–Crippen MR) is 72.3 cm³/mol. The highest BCUT2D eigenvalue weighted by Gasteiger charge is 2.22. The summed E-state index contributed by atoms with van der Waals surface area (Å²) in [6, 6.07) is 2.70. The van der Waals surface area contributed by atoms with Gasteiger partial charge in [-0.3, -0.25) is 0 Å². The molecule has 2 heterocycles. The van der Waals surface area contributed by atoms with E-state index >= 15 is 0 Å². The minimum absolute atomic E-state index is 0.0823. The number of hydrogen-bond acceptors (Lipinski definition) is 6. The smallest absolute Gasteiger partial charge is 0.274 e. The van der Waals surface area contributed by atoms with Crippen molar-refractivity contribution in [2.45, 2.75) is 24.6 Å². The van der Waals surface area contributed by atoms with Crippen molar-refractivity contribution in [3.8, 4) is 0 Å². The number of hydrogen-bond donors (Lipinski definition) is 2. The number of sulfonamides is 1. The van der Waals surface area contributed by atoms with Crippen LogP contribution < -0.4 is 10.0 Å². The van der Waals surface area contributed by atoms with Gasteiger partial charge in [-0.05, 0) is 26.1 Å². The van der Waals surface area contributed by atoms with E-state index in [9.17, 15) is 8.42 Å². The molecule has 0 radical (unpaired) electrons. The minimum Gasteiger partial charge on any atom is -0.447 e. The van der Waals surface area contributed by atoms with Gasteiger partial charge in [-0.1, -0.05) is 0 Å². The molecule has 0 aromatic carbocycles. The van der Waals surface area contributed by atoms with Crippen LogP contribution >= 0.6 is 11.3 Å². The molecule has 2 N–H and O–H groups in total. The fraction of sp³-hybridized carbons (Fsp3) is 0.364. The van der Waals surface area contributed by atoms with Crippen LogP contribution in [0, 0.1) is 0 Å². The maximum Gasteiger partial charge on any atom is 0.274 e. The Hall–Kier alpha value is -1.22. The molecule has 19 heavy (non-hydrogen) atoms. The van der Waals surface area contributed by atoms with Gasteiger partial charge in [0.2, 0.25) is 5.09 Å². The molecule has 6 nitrogen and oxygen atoms in total. The van der Waals surface area contributed by atoms with E-state index in [0.29, 0.717) is 17.3 Å². The summed E-state index contributed by atoms with van der Waals surface area (Å²) in [5.74, 6) is 0.574. The van der Waals surface area contributed by atoms with Gasteiger partial charge in [0, 0.05) is 11.6 Å². The Morgan fingerprint density at radius 1 is 1.47 bits per heavy atom. The van der Waals surface area contributed by atoms with Crippen molar-refractivity contribution in [1.82, 2.24) is 15.0 Å². The predicted octanol–water partition coefficient (Wildman–Crippen LogP) is 1.49. The van der Waals surface area contributed by atoms with Gasteiger partial charge >= 0.3 is 0 Å². The molecule has 0 aliphatic heterocycles. The highest BCUT2D eigenvalue weighted by Crippen LogP contribution is 2.20. The van der Waals surface area contributed by atoms with E-state index < -0.39 is 10.0 Å². The first-order valence-electron chi connectivity index (χ1n) is 5.68. The van der Waals surface area contributed by atoms with Crippen LogP contribution in [-0.2, 0) is 16.6 Å². The van der Waals surface area contributed by atoms with E-state index in [-0.39, 0.29) is 11.1 Å². The lowest BCUT2D eigenvalue weighted by Gasteiger charge is -2.09. The zero-order valence-corrected chi connectivity index (χ0v) is 12.2.